The van der Waals surface area contributed by atoms with Crippen molar-refractivity contribution in [2.45, 2.75) is 32.7 Å². The highest BCUT2D eigenvalue weighted by Gasteiger charge is 2.24. The van der Waals surface area contributed by atoms with Crippen LogP contribution in [0, 0.1) is 5.92 Å². The Morgan fingerprint density at radius 1 is 1.40 bits per heavy atom. The maximum atomic E-state index is 10.7. The van der Waals surface area contributed by atoms with Gasteiger partial charge in [0.05, 0.1) is 0 Å². The molecule has 0 amide bonds. The molecule has 1 aliphatic heterocycles. The number of rotatable bonds is 3. The average Bonchev–Trinajstić information content (AvgIpc) is 2.39. The molecule has 0 aromatic heterocycles. The summed E-state index contributed by atoms with van der Waals surface area (Å²) in [5, 5.41) is 8.83. The van der Waals surface area contributed by atoms with E-state index in [9.17, 15) is 4.79 Å². The lowest BCUT2D eigenvalue weighted by Gasteiger charge is -2.39. The molecular formula is C16H20BrNO2. The number of anilines is 1. The van der Waals surface area contributed by atoms with Crippen molar-refractivity contribution in [3.05, 3.63) is 34.3 Å². The van der Waals surface area contributed by atoms with E-state index in [0.717, 1.165) is 22.3 Å². The first kappa shape index (κ1) is 15.1. The fourth-order valence-electron chi connectivity index (χ4n) is 2.71. The molecule has 0 bridgehead atoms. The molecule has 2 unspecified atom stereocenters. The van der Waals surface area contributed by atoms with E-state index in [0.29, 0.717) is 12.0 Å². The van der Waals surface area contributed by atoms with Crippen LogP contribution in [0.15, 0.2) is 28.7 Å². The van der Waals surface area contributed by atoms with Crippen LogP contribution < -0.4 is 4.90 Å². The zero-order chi connectivity index (χ0) is 14.7. The molecule has 1 aromatic carbocycles. The van der Waals surface area contributed by atoms with E-state index in [4.69, 9.17) is 5.11 Å². The van der Waals surface area contributed by atoms with Gasteiger partial charge in [0.25, 0.3) is 0 Å². The van der Waals surface area contributed by atoms with Gasteiger partial charge in [0.15, 0.2) is 0 Å². The molecule has 1 fully saturated rings. The van der Waals surface area contributed by atoms with Crippen LogP contribution in [-0.4, -0.2) is 23.7 Å². The third-order valence-corrected chi connectivity index (χ3v) is 4.32. The largest absolute Gasteiger partial charge is 0.478 e. The second-order valence-electron chi connectivity index (χ2n) is 5.56. The van der Waals surface area contributed by atoms with Crippen LogP contribution in [0.3, 0.4) is 0 Å². The van der Waals surface area contributed by atoms with Gasteiger partial charge in [-0.2, -0.15) is 0 Å². The lowest BCUT2D eigenvalue weighted by atomic mass is 9.93. The van der Waals surface area contributed by atoms with Crippen LogP contribution in [-0.2, 0) is 4.79 Å². The molecule has 1 aromatic rings. The van der Waals surface area contributed by atoms with Gasteiger partial charge in [0.2, 0.25) is 0 Å². The summed E-state index contributed by atoms with van der Waals surface area (Å²) in [7, 11) is 0. The number of carboxylic acids is 1. The number of benzene rings is 1. The summed E-state index contributed by atoms with van der Waals surface area (Å²) in [6.45, 7) is 5.53. The summed E-state index contributed by atoms with van der Waals surface area (Å²) in [5.41, 5.74) is 2.06. The second kappa shape index (κ2) is 6.44. The van der Waals surface area contributed by atoms with E-state index in [1.807, 2.05) is 12.1 Å². The van der Waals surface area contributed by atoms with Crippen molar-refractivity contribution in [1.82, 2.24) is 0 Å². The third-order valence-electron chi connectivity index (χ3n) is 3.82. The summed E-state index contributed by atoms with van der Waals surface area (Å²) >= 11 is 3.45. The van der Waals surface area contributed by atoms with Crippen molar-refractivity contribution >= 4 is 33.7 Å². The summed E-state index contributed by atoms with van der Waals surface area (Å²) in [6.07, 6.45) is 5.31. The van der Waals surface area contributed by atoms with E-state index in [1.165, 1.54) is 18.9 Å². The summed E-state index contributed by atoms with van der Waals surface area (Å²) in [6, 6.07) is 6.55. The summed E-state index contributed by atoms with van der Waals surface area (Å²) in [5.74, 6) is -0.248. The van der Waals surface area contributed by atoms with E-state index < -0.39 is 5.97 Å². The zero-order valence-electron chi connectivity index (χ0n) is 11.8. The number of halogens is 1. The highest BCUT2D eigenvalue weighted by Crippen LogP contribution is 2.32. The summed E-state index contributed by atoms with van der Waals surface area (Å²) < 4.78 is 0.962. The van der Waals surface area contributed by atoms with Gasteiger partial charge in [0.1, 0.15) is 0 Å². The standard InChI is InChI=1S/C16H20BrNO2/c1-11-3-4-12(2)18(10-11)15-7-6-14(17)9-13(15)5-8-16(19)20/h5-9,11-12H,3-4,10H2,1-2H3,(H,19,20)/b8-5+. The first-order valence-electron chi connectivity index (χ1n) is 6.94. The minimum Gasteiger partial charge on any atom is -0.478 e. The monoisotopic (exact) mass is 337 g/mol. The minimum absolute atomic E-state index is 0.490. The number of piperidine rings is 1. The Balaban J connectivity index is 2.36. The lowest BCUT2D eigenvalue weighted by molar-refractivity contribution is -0.131. The molecule has 20 heavy (non-hydrogen) atoms. The van der Waals surface area contributed by atoms with E-state index in [-0.39, 0.29) is 0 Å². The van der Waals surface area contributed by atoms with Crippen LogP contribution >= 0.6 is 15.9 Å². The first-order chi connectivity index (χ1) is 9.47. The fourth-order valence-corrected chi connectivity index (χ4v) is 3.08. The Morgan fingerprint density at radius 3 is 2.85 bits per heavy atom. The molecule has 0 saturated carbocycles. The van der Waals surface area contributed by atoms with Gasteiger partial charge >= 0.3 is 5.97 Å². The molecular weight excluding hydrogens is 318 g/mol. The van der Waals surface area contributed by atoms with E-state index in [1.54, 1.807) is 6.08 Å². The molecule has 1 heterocycles. The van der Waals surface area contributed by atoms with Gasteiger partial charge in [0, 0.05) is 28.8 Å². The Hall–Kier alpha value is -1.29. The van der Waals surface area contributed by atoms with Gasteiger partial charge in [-0.25, -0.2) is 4.79 Å². The molecule has 0 aliphatic carbocycles. The van der Waals surface area contributed by atoms with Gasteiger partial charge < -0.3 is 10.0 Å². The molecule has 108 valence electrons. The van der Waals surface area contributed by atoms with E-state index >= 15 is 0 Å². The van der Waals surface area contributed by atoms with Crippen molar-refractivity contribution < 1.29 is 9.90 Å². The summed E-state index contributed by atoms with van der Waals surface area (Å²) in [4.78, 5) is 13.1. The molecule has 1 aliphatic rings. The predicted octanol–water partition coefficient (Wildman–Crippen LogP) is 4.17. The second-order valence-corrected chi connectivity index (χ2v) is 6.47. The number of hydrogen-bond donors (Lipinski definition) is 1. The van der Waals surface area contributed by atoms with Crippen molar-refractivity contribution in [3.63, 3.8) is 0 Å². The van der Waals surface area contributed by atoms with E-state index in [2.05, 4.69) is 40.7 Å². The Bertz CT molecular complexity index is 527. The normalized spacial score (nSPS) is 23.2. The van der Waals surface area contributed by atoms with Gasteiger partial charge in [-0.3, -0.25) is 0 Å². The van der Waals surface area contributed by atoms with Crippen molar-refractivity contribution in [2.24, 2.45) is 5.92 Å². The Kier molecular flexibility index (Phi) is 4.86. The highest BCUT2D eigenvalue weighted by atomic mass is 79.9. The Labute approximate surface area is 128 Å². The van der Waals surface area contributed by atoms with Crippen molar-refractivity contribution in [1.29, 1.82) is 0 Å². The molecule has 2 rings (SSSR count). The lowest BCUT2D eigenvalue weighted by Crippen LogP contribution is -2.41. The number of carboxylic acid groups (broad SMARTS) is 1. The molecule has 4 heteroatoms. The number of nitrogens with zero attached hydrogens (tertiary/aromatic N) is 1. The van der Waals surface area contributed by atoms with Crippen LogP contribution in [0.5, 0.6) is 0 Å². The molecule has 1 N–H and O–H groups in total. The quantitative estimate of drug-likeness (QED) is 0.841. The van der Waals surface area contributed by atoms with Crippen LogP contribution in [0.1, 0.15) is 32.3 Å². The minimum atomic E-state index is -0.920. The maximum Gasteiger partial charge on any atom is 0.328 e. The molecule has 3 nitrogen and oxygen atoms in total. The smallest absolute Gasteiger partial charge is 0.328 e. The SMILES string of the molecule is CC1CCC(C)N(c2ccc(Br)cc2/C=C/C(=O)O)C1. The van der Waals surface area contributed by atoms with Crippen LogP contribution in [0.4, 0.5) is 5.69 Å². The first-order valence-corrected chi connectivity index (χ1v) is 7.74. The van der Waals surface area contributed by atoms with Crippen LogP contribution in [0.25, 0.3) is 6.08 Å². The topological polar surface area (TPSA) is 40.5 Å². The highest BCUT2D eigenvalue weighted by molar-refractivity contribution is 9.10. The number of aliphatic carboxylic acids is 1. The molecule has 0 radical (unpaired) electrons. The molecule has 2 atom stereocenters. The predicted molar refractivity (Wildman–Crippen MR) is 86.0 cm³/mol. The number of carbonyl (C=O) groups is 1. The van der Waals surface area contributed by atoms with Crippen molar-refractivity contribution in [2.75, 3.05) is 11.4 Å². The zero-order valence-corrected chi connectivity index (χ0v) is 13.4. The van der Waals surface area contributed by atoms with Gasteiger partial charge in [-0.05, 0) is 55.5 Å². The van der Waals surface area contributed by atoms with Crippen LogP contribution in [0.2, 0.25) is 0 Å². The molecule has 0 spiro atoms. The fraction of sp³-hybridized carbons (Fsp3) is 0.438. The Morgan fingerprint density at radius 2 is 2.15 bits per heavy atom. The maximum absolute atomic E-state index is 10.7. The average molecular weight is 338 g/mol. The van der Waals surface area contributed by atoms with Gasteiger partial charge in [-0.15, -0.1) is 0 Å². The number of hydrogen-bond acceptors (Lipinski definition) is 2. The molecule has 1 saturated heterocycles. The van der Waals surface area contributed by atoms with Gasteiger partial charge in [-0.1, -0.05) is 22.9 Å². The third kappa shape index (κ3) is 3.63. The van der Waals surface area contributed by atoms with Crippen molar-refractivity contribution in [3.8, 4) is 0 Å².